The van der Waals surface area contributed by atoms with Gasteiger partial charge in [0.25, 0.3) is 5.91 Å². The molecule has 3 heterocycles. The van der Waals surface area contributed by atoms with Crippen molar-refractivity contribution in [3.63, 3.8) is 0 Å². The SMILES string of the molecule is O=C1COc2ccc(C(=O)N3CCC(N4C[C@H](c5ccccc5)OC4=O)CC3)cc2C1. The van der Waals surface area contributed by atoms with E-state index < -0.39 is 0 Å². The normalized spacial score (nSPS) is 21.5. The van der Waals surface area contributed by atoms with Gasteiger partial charge in [-0.25, -0.2) is 4.79 Å². The molecule has 1 atom stereocenters. The number of fused-ring (bicyclic) bond motifs is 1. The van der Waals surface area contributed by atoms with Crippen molar-refractivity contribution >= 4 is 17.8 Å². The second-order valence-electron chi connectivity index (χ2n) is 8.29. The first-order valence-electron chi connectivity index (χ1n) is 10.7. The number of Topliss-reactive ketones (excluding diaryl/α,β-unsaturated/α-hetero) is 1. The lowest BCUT2D eigenvalue weighted by atomic mass is 9.99. The monoisotopic (exact) mass is 420 g/mol. The average molecular weight is 420 g/mol. The van der Waals surface area contributed by atoms with Crippen LogP contribution in [0.2, 0.25) is 0 Å². The lowest BCUT2D eigenvalue weighted by molar-refractivity contribution is -0.121. The molecule has 0 N–H and O–H groups in total. The zero-order chi connectivity index (χ0) is 21.4. The van der Waals surface area contributed by atoms with Crippen molar-refractivity contribution in [2.24, 2.45) is 0 Å². The van der Waals surface area contributed by atoms with Gasteiger partial charge in [0.15, 0.2) is 5.78 Å². The van der Waals surface area contributed by atoms with Gasteiger partial charge in [-0.1, -0.05) is 30.3 Å². The predicted octanol–water partition coefficient (Wildman–Crippen LogP) is 2.99. The van der Waals surface area contributed by atoms with Crippen LogP contribution in [0.1, 0.15) is 40.4 Å². The maximum atomic E-state index is 13.0. The molecule has 0 radical (unpaired) electrons. The molecule has 0 saturated carbocycles. The molecule has 0 bridgehead atoms. The molecule has 0 aromatic heterocycles. The Morgan fingerprint density at radius 2 is 1.77 bits per heavy atom. The Kier molecular flexibility index (Phi) is 5.10. The van der Waals surface area contributed by atoms with Gasteiger partial charge in [-0.05, 0) is 36.6 Å². The number of likely N-dealkylation sites (tertiary alicyclic amines) is 1. The molecule has 7 nitrogen and oxygen atoms in total. The van der Waals surface area contributed by atoms with E-state index >= 15 is 0 Å². The third kappa shape index (κ3) is 3.87. The molecule has 0 spiro atoms. The second kappa shape index (κ2) is 8.06. The van der Waals surface area contributed by atoms with Gasteiger partial charge in [-0.15, -0.1) is 0 Å². The number of benzene rings is 2. The summed E-state index contributed by atoms with van der Waals surface area (Å²) in [4.78, 5) is 40.7. The maximum Gasteiger partial charge on any atom is 0.410 e. The summed E-state index contributed by atoms with van der Waals surface area (Å²) in [6.45, 7) is 1.80. The minimum absolute atomic E-state index is 0.0178. The van der Waals surface area contributed by atoms with E-state index in [2.05, 4.69) is 0 Å². The summed E-state index contributed by atoms with van der Waals surface area (Å²) in [7, 11) is 0. The number of nitrogens with zero attached hydrogens (tertiary/aromatic N) is 2. The van der Waals surface area contributed by atoms with Gasteiger partial charge in [0.05, 0.1) is 6.54 Å². The molecule has 3 aliphatic rings. The Hall–Kier alpha value is -3.35. The fourth-order valence-corrected chi connectivity index (χ4v) is 4.60. The zero-order valence-corrected chi connectivity index (χ0v) is 17.2. The Bertz CT molecular complexity index is 1010. The summed E-state index contributed by atoms with van der Waals surface area (Å²) in [5.74, 6) is 0.644. The van der Waals surface area contributed by atoms with Crippen LogP contribution in [-0.2, 0) is 16.0 Å². The summed E-state index contributed by atoms with van der Waals surface area (Å²) in [5, 5.41) is 0. The van der Waals surface area contributed by atoms with Crippen LogP contribution in [0, 0.1) is 0 Å². The fourth-order valence-electron chi connectivity index (χ4n) is 4.60. The molecule has 0 unspecified atom stereocenters. The highest BCUT2D eigenvalue weighted by atomic mass is 16.6. The van der Waals surface area contributed by atoms with Crippen molar-refractivity contribution in [2.75, 3.05) is 26.2 Å². The van der Waals surface area contributed by atoms with Crippen molar-refractivity contribution < 1.29 is 23.9 Å². The van der Waals surface area contributed by atoms with Crippen LogP contribution in [0.4, 0.5) is 4.79 Å². The van der Waals surface area contributed by atoms with Gasteiger partial charge >= 0.3 is 6.09 Å². The van der Waals surface area contributed by atoms with E-state index in [9.17, 15) is 14.4 Å². The molecule has 7 heteroatoms. The number of amides is 2. The molecule has 5 rings (SSSR count). The first kappa shape index (κ1) is 19.6. The fraction of sp³-hybridized carbons (Fsp3) is 0.375. The van der Waals surface area contributed by atoms with Crippen molar-refractivity contribution in [3.8, 4) is 5.75 Å². The number of piperidine rings is 1. The molecule has 2 fully saturated rings. The lowest BCUT2D eigenvalue weighted by Gasteiger charge is -2.35. The van der Waals surface area contributed by atoms with Crippen LogP contribution >= 0.6 is 0 Å². The van der Waals surface area contributed by atoms with E-state index in [0.717, 1.165) is 24.0 Å². The third-order valence-corrected chi connectivity index (χ3v) is 6.29. The van der Waals surface area contributed by atoms with Crippen LogP contribution in [0.5, 0.6) is 5.75 Å². The predicted molar refractivity (Wildman–Crippen MR) is 112 cm³/mol. The van der Waals surface area contributed by atoms with E-state index in [0.29, 0.717) is 37.4 Å². The summed E-state index contributed by atoms with van der Waals surface area (Å²) in [6, 6.07) is 15.1. The van der Waals surface area contributed by atoms with Crippen molar-refractivity contribution in [3.05, 3.63) is 65.2 Å². The van der Waals surface area contributed by atoms with Gasteiger partial charge in [-0.2, -0.15) is 0 Å². The average Bonchev–Trinajstić information content (AvgIpc) is 3.20. The minimum atomic E-state index is -0.280. The molecule has 2 saturated heterocycles. The van der Waals surface area contributed by atoms with E-state index in [4.69, 9.17) is 9.47 Å². The molecule has 31 heavy (non-hydrogen) atoms. The number of ether oxygens (including phenoxy) is 2. The first-order chi connectivity index (χ1) is 15.1. The summed E-state index contributed by atoms with van der Waals surface area (Å²) in [5.41, 5.74) is 2.34. The van der Waals surface area contributed by atoms with E-state index in [1.165, 1.54) is 0 Å². The Balaban J connectivity index is 1.21. The number of carbonyl (C=O) groups excluding carboxylic acids is 3. The highest BCUT2D eigenvalue weighted by Crippen LogP contribution is 2.31. The molecule has 2 aromatic carbocycles. The van der Waals surface area contributed by atoms with Gasteiger partial charge in [-0.3, -0.25) is 9.59 Å². The van der Waals surface area contributed by atoms with Crippen LogP contribution < -0.4 is 4.74 Å². The second-order valence-corrected chi connectivity index (χ2v) is 8.29. The number of carbonyl (C=O) groups is 3. The third-order valence-electron chi connectivity index (χ3n) is 6.29. The molecular weight excluding hydrogens is 396 g/mol. The van der Waals surface area contributed by atoms with Gasteiger partial charge in [0, 0.05) is 36.7 Å². The Labute approximate surface area is 180 Å². The summed E-state index contributed by atoms with van der Waals surface area (Å²) >= 11 is 0. The summed E-state index contributed by atoms with van der Waals surface area (Å²) < 4.78 is 11.0. The molecule has 160 valence electrons. The standard InChI is InChI=1S/C24H24N2O5/c27-20-13-18-12-17(6-7-21(18)30-15-20)23(28)25-10-8-19(9-11-25)26-14-22(31-24(26)29)16-4-2-1-3-5-16/h1-7,12,19,22H,8-11,13-15H2/t22-/m1/s1. The molecule has 0 aliphatic carbocycles. The summed E-state index contributed by atoms with van der Waals surface area (Å²) in [6.07, 6.45) is 1.22. The number of ketones is 1. The maximum absolute atomic E-state index is 13.0. The number of cyclic esters (lactones) is 1. The minimum Gasteiger partial charge on any atom is -0.486 e. The Morgan fingerprint density at radius 1 is 1.00 bits per heavy atom. The zero-order valence-electron chi connectivity index (χ0n) is 17.2. The molecule has 2 aromatic rings. The van der Waals surface area contributed by atoms with E-state index in [1.54, 1.807) is 23.1 Å². The van der Waals surface area contributed by atoms with Crippen molar-refractivity contribution in [2.45, 2.75) is 31.4 Å². The highest BCUT2D eigenvalue weighted by molar-refractivity contribution is 5.95. The smallest absolute Gasteiger partial charge is 0.410 e. The first-order valence-corrected chi connectivity index (χ1v) is 10.7. The van der Waals surface area contributed by atoms with Crippen molar-refractivity contribution in [1.82, 2.24) is 9.80 Å². The van der Waals surface area contributed by atoms with Crippen LogP contribution in [0.15, 0.2) is 48.5 Å². The lowest BCUT2D eigenvalue weighted by Crippen LogP contribution is -2.47. The van der Waals surface area contributed by atoms with E-state index in [1.807, 2.05) is 35.2 Å². The van der Waals surface area contributed by atoms with Crippen molar-refractivity contribution in [1.29, 1.82) is 0 Å². The number of rotatable bonds is 3. The Morgan fingerprint density at radius 3 is 2.55 bits per heavy atom. The quantitative estimate of drug-likeness (QED) is 0.763. The molecule has 3 aliphatic heterocycles. The molecule has 2 amide bonds. The number of hydrogen-bond donors (Lipinski definition) is 0. The van der Waals surface area contributed by atoms with Crippen LogP contribution in [0.25, 0.3) is 0 Å². The van der Waals surface area contributed by atoms with Gasteiger partial charge in [0.1, 0.15) is 18.5 Å². The van der Waals surface area contributed by atoms with E-state index in [-0.39, 0.29) is 36.5 Å². The largest absolute Gasteiger partial charge is 0.486 e. The number of hydrogen-bond acceptors (Lipinski definition) is 5. The topological polar surface area (TPSA) is 76.2 Å². The highest BCUT2D eigenvalue weighted by Gasteiger charge is 2.38. The molecular formula is C24H24N2O5. The van der Waals surface area contributed by atoms with Crippen LogP contribution in [-0.4, -0.2) is 59.9 Å². The van der Waals surface area contributed by atoms with Gasteiger partial charge in [0.2, 0.25) is 0 Å². The van der Waals surface area contributed by atoms with Gasteiger partial charge < -0.3 is 19.3 Å². The van der Waals surface area contributed by atoms with Crippen LogP contribution in [0.3, 0.4) is 0 Å².